The molecule has 1 aromatic carbocycles. The molecule has 1 saturated carbocycles. The molecule has 0 bridgehead atoms. The minimum Gasteiger partial charge on any atom is -0.444 e. The molecule has 30 heavy (non-hydrogen) atoms. The SMILES string of the molecule is COOCc1ccc2c(C3CCCCC3)c(Br)n(CCNC(=O)OC(C)(C)C)c2c1. The van der Waals surface area contributed by atoms with Gasteiger partial charge in [-0.15, -0.1) is 0 Å². The van der Waals surface area contributed by atoms with E-state index in [-0.39, 0.29) is 0 Å². The van der Waals surface area contributed by atoms with E-state index >= 15 is 0 Å². The first-order valence-corrected chi connectivity index (χ1v) is 11.5. The van der Waals surface area contributed by atoms with Crippen LogP contribution < -0.4 is 5.32 Å². The van der Waals surface area contributed by atoms with Gasteiger partial charge in [0.25, 0.3) is 0 Å². The number of fused-ring (bicyclic) bond motifs is 1. The van der Waals surface area contributed by atoms with Crippen LogP contribution in [0, 0.1) is 0 Å². The molecule has 1 amide bonds. The highest BCUT2D eigenvalue weighted by Crippen LogP contribution is 2.42. The van der Waals surface area contributed by atoms with Crippen LogP contribution in [0.3, 0.4) is 0 Å². The Morgan fingerprint density at radius 2 is 1.97 bits per heavy atom. The van der Waals surface area contributed by atoms with E-state index < -0.39 is 11.7 Å². The van der Waals surface area contributed by atoms with Crippen LogP contribution >= 0.6 is 15.9 Å². The summed E-state index contributed by atoms with van der Waals surface area (Å²) < 4.78 is 8.71. The van der Waals surface area contributed by atoms with Gasteiger partial charge in [0.2, 0.25) is 0 Å². The van der Waals surface area contributed by atoms with Gasteiger partial charge in [0, 0.05) is 24.0 Å². The van der Waals surface area contributed by atoms with Crippen LogP contribution in [0.15, 0.2) is 22.8 Å². The van der Waals surface area contributed by atoms with E-state index in [1.807, 2.05) is 20.8 Å². The number of carbonyl (C=O) groups is 1. The molecule has 1 aromatic heterocycles. The van der Waals surface area contributed by atoms with Crippen molar-refractivity contribution in [2.45, 2.75) is 77.5 Å². The number of halogens is 1. The number of hydrogen-bond donors (Lipinski definition) is 1. The van der Waals surface area contributed by atoms with Crippen molar-refractivity contribution in [2.24, 2.45) is 0 Å². The van der Waals surface area contributed by atoms with Crippen LogP contribution in [-0.4, -0.2) is 29.9 Å². The van der Waals surface area contributed by atoms with Gasteiger partial charge in [-0.3, -0.25) is 0 Å². The normalized spacial score (nSPS) is 15.5. The second-order valence-electron chi connectivity index (χ2n) is 8.90. The average Bonchev–Trinajstić information content (AvgIpc) is 2.97. The molecule has 1 heterocycles. The first kappa shape index (κ1) is 23.1. The summed E-state index contributed by atoms with van der Waals surface area (Å²) in [6, 6.07) is 6.44. The van der Waals surface area contributed by atoms with Crippen molar-refractivity contribution in [1.29, 1.82) is 0 Å². The van der Waals surface area contributed by atoms with Crippen LogP contribution in [0.25, 0.3) is 10.9 Å². The summed E-state index contributed by atoms with van der Waals surface area (Å²) in [5.41, 5.74) is 3.08. The van der Waals surface area contributed by atoms with Crippen LogP contribution in [0.5, 0.6) is 0 Å². The molecule has 0 radical (unpaired) electrons. The predicted molar refractivity (Wildman–Crippen MR) is 121 cm³/mol. The summed E-state index contributed by atoms with van der Waals surface area (Å²) in [5.74, 6) is 0.566. The Morgan fingerprint density at radius 1 is 1.23 bits per heavy atom. The van der Waals surface area contributed by atoms with E-state index in [1.165, 1.54) is 50.2 Å². The Morgan fingerprint density at radius 3 is 2.63 bits per heavy atom. The van der Waals surface area contributed by atoms with E-state index in [1.54, 1.807) is 0 Å². The Hall–Kier alpha value is -1.57. The zero-order valence-corrected chi connectivity index (χ0v) is 20.0. The fourth-order valence-corrected chi connectivity index (χ4v) is 5.10. The summed E-state index contributed by atoms with van der Waals surface area (Å²) in [6.45, 7) is 7.12. The number of hydrogen-bond acceptors (Lipinski definition) is 4. The van der Waals surface area contributed by atoms with Crippen molar-refractivity contribution in [3.63, 3.8) is 0 Å². The van der Waals surface area contributed by atoms with E-state index in [0.29, 0.717) is 25.6 Å². The lowest BCUT2D eigenvalue weighted by atomic mass is 9.84. The zero-order valence-electron chi connectivity index (χ0n) is 18.4. The average molecular weight is 481 g/mol. The van der Waals surface area contributed by atoms with Gasteiger partial charge in [-0.25, -0.2) is 14.6 Å². The monoisotopic (exact) mass is 480 g/mol. The van der Waals surface area contributed by atoms with E-state index in [2.05, 4.69) is 44.0 Å². The summed E-state index contributed by atoms with van der Waals surface area (Å²) in [6.07, 6.45) is 5.94. The number of carbonyl (C=O) groups excluding carboxylic acids is 1. The number of aromatic nitrogens is 1. The van der Waals surface area contributed by atoms with E-state index in [0.717, 1.165) is 15.7 Å². The van der Waals surface area contributed by atoms with Gasteiger partial charge in [-0.1, -0.05) is 31.4 Å². The Labute approximate surface area is 187 Å². The molecule has 0 aliphatic heterocycles. The quantitative estimate of drug-likeness (QED) is 0.386. The smallest absolute Gasteiger partial charge is 0.407 e. The first-order valence-electron chi connectivity index (χ1n) is 10.7. The minimum absolute atomic E-state index is 0.392. The molecule has 0 atom stereocenters. The molecule has 1 fully saturated rings. The Balaban J connectivity index is 1.86. The number of nitrogens with one attached hydrogen (secondary N) is 1. The lowest BCUT2D eigenvalue weighted by molar-refractivity contribution is -0.282. The fourth-order valence-electron chi connectivity index (χ4n) is 4.19. The van der Waals surface area contributed by atoms with Crippen molar-refractivity contribution in [3.8, 4) is 0 Å². The zero-order chi connectivity index (χ0) is 21.7. The van der Waals surface area contributed by atoms with Gasteiger partial charge in [0.1, 0.15) is 12.2 Å². The predicted octanol–water partition coefficient (Wildman–Crippen LogP) is 6.05. The molecule has 1 N–H and O–H groups in total. The van der Waals surface area contributed by atoms with Gasteiger partial charge in [-0.2, -0.15) is 0 Å². The first-order chi connectivity index (χ1) is 14.3. The number of rotatable bonds is 7. The largest absolute Gasteiger partial charge is 0.444 e. The maximum absolute atomic E-state index is 12.0. The van der Waals surface area contributed by atoms with Gasteiger partial charge in [0.05, 0.1) is 11.7 Å². The molecule has 0 unspecified atom stereocenters. The Kier molecular flexibility index (Phi) is 7.82. The molecule has 6 nitrogen and oxygen atoms in total. The summed E-state index contributed by atoms with van der Waals surface area (Å²) in [7, 11) is 1.52. The van der Waals surface area contributed by atoms with Crippen LogP contribution in [0.2, 0.25) is 0 Å². The minimum atomic E-state index is -0.505. The summed E-state index contributed by atoms with van der Waals surface area (Å²) in [4.78, 5) is 21.9. The van der Waals surface area contributed by atoms with E-state index in [9.17, 15) is 4.79 Å². The molecule has 166 valence electrons. The lowest BCUT2D eigenvalue weighted by Gasteiger charge is -2.22. The van der Waals surface area contributed by atoms with Crippen molar-refractivity contribution < 1.29 is 19.3 Å². The molecule has 1 aliphatic carbocycles. The number of nitrogens with zero attached hydrogens (tertiary/aromatic N) is 1. The van der Waals surface area contributed by atoms with Crippen molar-refractivity contribution in [3.05, 3.63) is 33.9 Å². The molecular formula is C23H33BrN2O4. The maximum atomic E-state index is 12.0. The number of ether oxygens (including phenoxy) is 1. The lowest BCUT2D eigenvalue weighted by Crippen LogP contribution is -2.34. The molecule has 1 aliphatic rings. The van der Waals surface area contributed by atoms with Gasteiger partial charge in [0.15, 0.2) is 0 Å². The third-order valence-corrected chi connectivity index (χ3v) is 6.32. The van der Waals surface area contributed by atoms with Gasteiger partial charge < -0.3 is 14.6 Å². The molecule has 0 saturated heterocycles. The van der Waals surface area contributed by atoms with Gasteiger partial charge in [-0.05, 0) is 72.7 Å². The summed E-state index contributed by atoms with van der Waals surface area (Å²) >= 11 is 3.89. The van der Waals surface area contributed by atoms with Crippen LogP contribution in [0.4, 0.5) is 4.79 Å². The van der Waals surface area contributed by atoms with Crippen molar-refractivity contribution in [2.75, 3.05) is 13.7 Å². The highest BCUT2D eigenvalue weighted by Gasteiger charge is 2.25. The van der Waals surface area contributed by atoms with E-state index in [4.69, 9.17) is 14.5 Å². The fraction of sp³-hybridized carbons (Fsp3) is 0.609. The third-order valence-electron chi connectivity index (χ3n) is 5.46. The Bertz CT molecular complexity index is 866. The second-order valence-corrected chi connectivity index (χ2v) is 9.65. The van der Waals surface area contributed by atoms with Crippen molar-refractivity contribution in [1.82, 2.24) is 9.88 Å². The molecule has 2 aromatic rings. The highest BCUT2D eigenvalue weighted by atomic mass is 79.9. The second kappa shape index (κ2) is 10.2. The topological polar surface area (TPSA) is 61.7 Å². The number of alkyl carbamates (subject to hydrolysis) is 1. The van der Waals surface area contributed by atoms with Crippen LogP contribution in [-0.2, 0) is 27.7 Å². The number of benzene rings is 1. The van der Waals surface area contributed by atoms with Gasteiger partial charge >= 0.3 is 6.09 Å². The highest BCUT2D eigenvalue weighted by molar-refractivity contribution is 9.10. The molecular weight excluding hydrogens is 448 g/mol. The maximum Gasteiger partial charge on any atom is 0.407 e. The van der Waals surface area contributed by atoms with Crippen LogP contribution in [0.1, 0.15) is 69.9 Å². The molecule has 7 heteroatoms. The molecule has 0 spiro atoms. The standard InChI is InChI=1S/C23H33BrN2O4/c1-23(2,3)30-22(27)25-12-13-26-19-14-16(15-29-28-4)10-11-18(19)20(21(26)24)17-8-6-5-7-9-17/h10-11,14,17H,5-9,12-13,15H2,1-4H3,(H,25,27). The number of amides is 1. The molecule has 3 rings (SSSR count). The third kappa shape index (κ3) is 5.77. The van der Waals surface area contributed by atoms with Crippen molar-refractivity contribution >= 4 is 32.9 Å². The summed E-state index contributed by atoms with van der Waals surface area (Å²) in [5, 5.41) is 4.14.